The molecule has 2 aliphatic rings. The molecule has 2 atom stereocenters. The van der Waals surface area contributed by atoms with Crippen molar-refractivity contribution in [3.63, 3.8) is 0 Å². The topological polar surface area (TPSA) is 72.8 Å². The number of aliphatic hydroxyl groups excluding tert-OH is 2. The van der Waals surface area contributed by atoms with Crippen LogP contribution < -0.4 is 5.32 Å². The molecule has 1 aromatic rings. The number of rotatable bonds is 1. The molecule has 5 heteroatoms. The van der Waals surface area contributed by atoms with Crippen LogP contribution in [0.1, 0.15) is 15.9 Å². The molecule has 1 saturated heterocycles. The van der Waals surface area contributed by atoms with Gasteiger partial charge in [0.05, 0.1) is 12.2 Å². The summed E-state index contributed by atoms with van der Waals surface area (Å²) in [6.07, 6.45) is -0.725. The summed E-state index contributed by atoms with van der Waals surface area (Å²) in [4.78, 5) is 13.7. The number of carbonyl (C=O) groups is 1. The van der Waals surface area contributed by atoms with Crippen molar-refractivity contribution in [1.29, 1.82) is 0 Å². The Kier molecular flexibility index (Phi) is 2.72. The highest BCUT2D eigenvalue weighted by atomic mass is 16.3. The van der Waals surface area contributed by atoms with Crippen LogP contribution >= 0.6 is 0 Å². The number of anilines is 1. The van der Waals surface area contributed by atoms with Crippen molar-refractivity contribution in [2.24, 2.45) is 0 Å². The van der Waals surface area contributed by atoms with Crippen LogP contribution in [-0.2, 0) is 6.42 Å². The molecule has 0 saturated carbocycles. The van der Waals surface area contributed by atoms with Gasteiger partial charge in [-0.1, -0.05) is 0 Å². The Hall–Kier alpha value is -1.59. The highest BCUT2D eigenvalue weighted by Crippen LogP contribution is 2.24. The molecule has 3 N–H and O–H groups in total. The molecule has 1 aromatic carbocycles. The number of hydrogen-bond donors (Lipinski definition) is 3. The van der Waals surface area contributed by atoms with E-state index in [1.54, 1.807) is 6.07 Å². The minimum atomic E-state index is -0.829. The normalized spacial score (nSPS) is 26.0. The van der Waals surface area contributed by atoms with Gasteiger partial charge in [-0.25, -0.2) is 0 Å². The summed E-state index contributed by atoms with van der Waals surface area (Å²) in [7, 11) is 0. The van der Waals surface area contributed by atoms with E-state index in [0.29, 0.717) is 5.56 Å². The van der Waals surface area contributed by atoms with Crippen LogP contribution in [0.2, 0.25) is 0 Å². The third kappa shape index (κ3) is 1.85. The first-order valence-electron chi connectivity index (χ1n) is 6.17. The molecule has 3 rings (SSSR count). The summed E-state index contributed by atoms with van der Waals surface area (Å²) in [5.74, 6) is -0.125. The molecule has 18 heavy (non-hydrogen) atoms. The molecule has 1 fully saturated rings. The molecule has 0 bridgehead atoms. The lowest BCUT2D eigenvalue weighted by atomic mass is 10.1. The van der Waals surface area contributed by atoms with Gasteiger partial charge in [0.15, 0.2) is 0 Å². The van der Waals surface area contributed by atoms with Crippen LogP contribution in [0.5, 0.6) is 0 Å². The van der Waals surface area contributed by atoms with Gasteiger partial charge in [-0.15, -0.1) is 0 Å². The first-order chi connectivity index (χ1) is 8.65. The molecule has 0 radical (unpaired) electrons. The molecule has 96 valence electrons. The quantitative estimate of drug-likeness (QED) is 0.645. The van der Waals surface area contributed by atoms with Crippen molar-refractivity contribution < 1.29 is 15.0 Å². The van der Waals surface area contributed by atoms with E-state index in [9.17, 15) is 15.0 Å². The van der Waals surface area contributed by atoms with Crippen molar-refractivity contribution in [3.05, 3.63) is 29.3 Å². The highest BCUT2D eigenvalue weighted by molar-refractivity contribution is 5.95. The van der Waals surface area contributed by atoms with Gasteiger partial charge in [0.1, 0.15) is 0 Å². The predicted octanol–water partition coefficient (Wildman–Crippen LogP) is -0.168. The number of hydrogen-bond acceptors (Lipinski definition) is 4. The van der Waals surface area contributed by atoms with Gasteiger partial charge < -0.3 is 20.4 Å². The Morgan fingerprint density at radius 1 is 1.28 bits per heavy atom. The van der Waals surface area contributed by atoms with Crippen LogP contribution in [0.15, 0.2) is 18.2 Å². The van der Waals surface area contributed by atoms with E-state index in [1.807, 2.05) is 12.1 Å². The molecule has 0 spiro atoms. The highest BCUT2D eigenvalue weighted by Gasteiger charge is 2.33. The van der Waals surface area contributed by atoms with Crippen molar-refractivity contribution in [2.45, 2.75) is 18.6 Å². The maximum absolute atomic E-state index is 12.2. The summed E-state index contributed by atoms with van der Waals surface area (Å²) in [6, 6.07) is 5.60. The first kappa shape index (κ1) is 11.5. The van der Waals surface area contributed by atoms with Gasteiger partial charge in [-0.3, -0.25) is 4.79 Å². The monoisotopic (exact) mass is 248 g/mol. The second-order valence-corrected chi connectivity index (χ2v) is 4.89. The van der Waals surface area contributed by atoms with Gasteiger partial charge in [0.2, 0.25) is 0 Å². The van der Waals surface area contributed by atoms with E-state index in [1.165, 1.54) is 4.90 Å². The zero-order valence-corrected chi connectivity index (χ0v) is 9.97. The lowest BCUT2D eigenvalue weighted by molar-refractivity contribution is 0.0572. The maximum Gasteiger partial charge on any atom is 0.254 e. The van der Waals surface area contributed by atoms with Crippen molar-refractivity contribution in [2.75, 3.05) is 25.0 Å². The lowest BCUT2D eigenvalue weighted by Crippen LogP contribution is -2.29. The number of likely N-dealkylation sites (tertiary alicyclic amines) is 1. The number of fused-ring (bicyclic) bond motifs is 1. The zero-order valence-electron chi connectivity index (χ0n) is 9.97. The smallest absolute Gasteiger partial charge is 0.254 e. The van der Waals surface area contributed by atoms with Crippen LogP contribution in [0.25, 0.3) is 0 Å². The third-order valence-corrected chi connectivity index (χ3v) is 3.61. The second kappa shape index (κ2) is 4.26. The standard InChI is InChI=1S/C13H16N2O3/c16-11-6-15(7-12(11)17)13(18)9-1-2-10-8(5-9)3-4-14-10/h1-2,5,11-12,14,16-17H,3-4,6-7H2/t11-,12+. The van der Waals surface area contributed by atoms with Crippen LogP contribution in [0, 0.1) is 0 Å². The van der Waals surface area contributed by atoms with Gasteiger partial charge in [0.25, 0.3) is 5.91 Å². The summed E-state index contributed by atoms with van der Waals surface area (Å²) < 4.78 is 0. The fourth-order valence-electron chi connectivity index (χ4n) is 2.56. The molecule has 0 unspecified atom stereocenters. The minimum absolute atomic E-state index is 0.125. The lowest BCUT2D eigenvalue weighted by Gasteiger charge is -2.15. The van der Waals surface area contributed by atoms with Crippen LogP contribution in [0.3, 0.4) is 0 Å². The average molecular weight is 248 g/mol. The number of benzene rings is 1. The van der Waals surface area contributed by atoms with Gasteiger partial charge in [0, 0.05) is 30.9 Å². The number of β-amino-alcohol motifs (C(OH)–C–C–N with tert-alkyl or cyclic N) is 2. The average Bonchev–Trinajstić information content (AvgIpc) is 2.95. The zero-order chi connectivity index (χ0) is 12.7. The molecule has 1 amide bonds. The molecule has 5 nitrogen and oxygen atoms in total. The van der Waals surface area contributed by atoms with E-state index in [-0.39, 0.29) is 19.0 Å². The Bertz CT molecular complexity index is 479. The molecule has 2 heterocycles. The van der Waals surface area contributed by atoms with Crippen molar-refractivity contribution in [3.8, 4) is 0 Å². The fraction of sp³-hybridized carbons (Fsp3) is 0.462. The molecular formula is C13H16N2O3. The van der Waals surface area contributed by atoms with Crippen LogP contribution in [0.4, 0.5) is 5.69 Å². The van der Waals surface area contributed by atoms with E-state index in [4.69, 9.17) is 0 Å². The van der Waals surface area contributed by atoms with E-state index in [2.05, 4.69) is 5.32 Å². The second-order valence-electron chi connectivity index (χ2n) is 4.89. The van der Waals surface area contributed by atoms with E-state index in [0.717, 1.165) is 24.2 Å². The summed E-state index contributed by atoms with van der Waals surface area (Å²) in [6.45, 7) is 1.32. The Morgan fingerprint density at radius 3 is 2.72 bits per heavy atom. The van der Waals surface area contributed by atoms with Gasteiger partial charge >= 0.3 is 0 Å². The molecule has 2 aliphatic heterocycles. The summed E-state index contributed by atoms with van der Waals surface area (Å²) in [5.41, 5.74) is 2.87. The fourth-order valence-corrected chi connectivity index (χ4v) is 2.56. The Morgan fingerprint density at radius 2 is 2.00 bits per heavy atom. The largest absolute Gasteiger partial charge is 0.388 e. The third-order valence-electron chi connectivity index (χ3n) is 3.61. The minimum Gasteiger partial charge on any atom is -0.388 e. The maximum atomic E-state index is 12.2. The van der Waals surface area contributed by atoms with Gasteiger partial charge in [-0.2, -0.15) is 0 Å². The number of carbonyl (C=O) groups excluding carboxylic acids is 1. The van der Waals surface area contributed by atoms with Crippen molar-refractivity contribution >= 4 is 11.6 Å². The number of nitrogens with one attached hydrogen (secondary N) is 1. The van der Waals surface area contributed by atoms with Gasteiger partial charge in [-0.05, 0) is 30.2 Å². The van der Waals surface area contributed by atoms with Crippen molar-refractivity contribution in [1.82, 2.24) is 4.90 Å². The molecule has 0 aliphatic carbocycles. The van der Waals surface area contributed by atoms with E-state index < -0.39 is 12.2 Å². The SMILES string of the molecule is O=C(c1ccc2c(c1)CCN2)N1C[C@@H](O)[C@@H](O)C1. The predicted molar refractivity (Wildman–Crippen MR) is 66.6 cm³/mol. The summed E-state index contributed by atoms with van der Waals surface area (Å²) in [5, 5.41) is 22.2. The Balaban J connectivity index is 1.81. The molecular weight excluding hydrogens is 232 g/mol. The molecule has 0 aromatic heterocycles. The van der Waals surface area contributed by atoms with E-state index >= 15 is 0 Å². The first-order valence-corrected chi connectivity index (χ1v) is 6.17. The Labute approximate surface area is 105 Å². The van der Waals surface area contributed by atoms with Crippen LogP contribution in [-0.4, -0.2) is 52.9 Å². The number of nitrogens with zero attached hydrogens (tertiary/aromatic N) is 1. The number of aliphatic hydroxyl groups is 2. The number of amides is 1. The summed E-state index contributed by atoms with van der Waals surface area (Å²) >= 11 is 0.